The van der Waals surface area contributed by atoms with Crippen LogP contribution >= 0.6 is 0 Å². The van der Waals surface area contributed by atoms with Gasteiger partial charge >= 0.3 is 0 Å². The maximum Gasteiger partial charge on any atom is 0.220 e. The van der Waals surface area contributed by atoms with Gasteiger partial charge < -0.3 is 14.8 Å². The van der Waals surface area contributed by atoms with Gasteiger partial charge in [-0.25, -0.2) is 4.98 Å². The molecule has 1 N–H and O–H groups in total. The Bertz CT molecular complexity index is 488. The summed E-state index contributed by atoms with van der Waals surface area (Å²) in [7, 11) is 0. The van der Waals surface area contributed by atoms with Crippen molar-refractivity contribution in [3.63, 3.8) is 0 Å². The van der Waals surface area contributed by atoms with Gasteiger partial charge in [-0.2, -0.15) is 0 Å². The number of nitrogens with one attached hydrogen (secondary N) is 1. The van der Waals surface area contributed by atoms with Crippen molar-refractivity contribution in [1.29, 1.82) is 0 Å². The molecule has 2 aliphatic rings. The van der Waals surface area contributed by atoms with Crippen molar-refractivity contribution in [3.05, 3.63) is 24.4 Å². The van der Waals surface area contributed by atoms with E-state index in [4.69, 9.17) is 9.47 Å². The third-order valence-corrected chi connectivity index (χ3v) is 4.81. The summed E-state index contributed by atoms with van der Waals surface area (Å²) in [6.45, 7) is 1.15. The molecule has 1 aliphatic carbocycles. The van der Waals surface area contributed by atoms with Crippen LogP contribution in [0.2, 0.25) is 0 Å². The molecule has 0 aromatic carbocycles. The lowest BCUT2D eigenvalue weighted by Gasteiger charge is -2.32. The molecule has 1 aromatic heterocycles. The number of pyridine rings is 1. The van der Waals surface area contributed by atoms with Gasteiger partial charge in [0.25, 0.3) is 0 Å². The fraction of sp³-hybridized carbons (Fsp3) is 0.667. The smallest absolute Gasteiger partial charge is 0.220 e. The van der Waals surface area contributed by atoms with Crippen molar-refractivity contribution in [3.8, 4) is 5.88 Å². The first-order valence-corrected chi connectivity index (χ1v) is 8.76. The lowest BCUT2D eigenvalue weighted by atomic mass is 10.0. The minimum atomic E-state index is -0.172. The second-order valence-corrected chi connectivity index (χ2v) is 6.55. The SMILES string of the molecule is O=C(CCC1CCCC1)N[C@@H]1CCOC[C@H]1Oc1ccccn1. The van der Waals surface area contributed by atoms with E-state index in [1.54, 1.807) is 6.20 Å². The number of nitrogens with zero attached hydrogens (tertiary/aromatic N) is 1. The van der Waals surface area contributed by atoms with Gasteiger partial charge in [0.05, 0.1) is 12.6 Å². The third kappa shape index (κ3) is 4.93. The number of aromatic nitrogens is 1. The Morgan fingerprint density at radius 2 is 2.17 bits per heavy atom. The van der Waals surface area contributed by atoms with Crippen LogP contribution in [0.25, 0.3) is 0 Å². The van der Waals surface area contributed by atoms with Crippen LogP contribution in [0.3, 0.4) is 0 Å². The van der Waals surface area contributed by atoms with Crippen LogP contribution in [0.1, 0.15) is 44.9 Å². The van der Waals surface area contributed by atoms with Crippen LogP contribution in [-0.2, 0) is 9.53 Å². The first kappa shape index (κ1) is 16.2. The summed E-state index contributed by atoms with van der Waals surface area (Å²) in [5.74, 6) is 1.46. The molecule has 1 aliphatic heterocycles. The first-order valence-electron chi connectivity index (χ1n) is 8.76. The minimum Gasteiger partial charge on any atom is -0.470 e. The monoisotopic (exact) mass is 318 g/mol. The van der Waals surface area contributed by atoms with Crippen LogP contribution in [0, 0.1) is 5.92 Å². The number of rotatable bonds is 6. The van der Waals surface area contributed by atoms with Crippen LogP contribution in [0.4, 0.5) is 0 Å². The van der Waals surface area contributed by atoms with E-state index in [0.29, 0.717) is 25.5 Å². The van der Waals surface area contributed by atoms with Gasteiger partial charge in [-0.15, -0.1) is 0 Å². The van der Waals surface area contributed by atoms with Gasteiger partial charge in [0.1, 0.15) is 6.10 Å². The molecule has 23 heavy (non-hydrogen) atoms. The summed E-state index contributed by atoms with van der Waals surface area (Å²) in [5, 5.41) is 3.14. The number of hydrogen-bond donors (Lipinski definition) is 1. The Morgan fingerprint density at radius 1 is 1.30 bits per heavy atom. The highest BCUT2D eigenvalue weighted by atomic mass is 16.5. The number of amides is 1. The average Bonchev–Trinajstić information content (AvgIpc) is 3.09. The topological polar surface area (TPSA) is 60.5 Å². The summed E-state index contributed by atoms with van der Waals surface area (Å²) in [6, 6.07) is 5.57. The predicted molar refractivity (Wildman–Crippen MR) is 87.2 cm³/mol. The summed E-state index contributed by atoms with van der Waals surface area (Å²) < 4.78 is 11.4. The van der Waals surface area contributed by atoms with Crippen molar-refractivity contribution < 1.29 is 14.3 Å². The van der Waals surface area contributed by atoms with Crippen molar-refractivity contribution >= 4 is 5.91 Å². The molecule has 0 spiro atoms. The van der Waals surface area contributed by atoms with Gasteiger partial charge in [-0.1, -0.05) is 31.7 Å². The average molecular weight is 318 g/mol. The second kappa shape index (κ2) is 8.29. The zero-order valence-corrected chi connectivity index (χ0v) is 13.6. The lowest BCUT2D eigenvalue weighted by Crippen LogP contribution is -2.51. The first-order chi connectivity index (χ1) is 11.3. The van der Waals surface area contributed by atoms with E-state index in [0.717, 1.165) is 18.8 Å². The Balaban J connectivity index is 1.48. The molecular weight excluding hydrogens is 292 g/mol. The number of carbonyl (C=O) groups excluding carboxylic acids is 1. The lowest BCUT2D eigenvalue weighted by molar-refractivity contribution is -0.124. The van der Waals surface area contributed by atoms with E-state index in [-0.39, 0.29) is 18.1 Å². The van der Waals surface area contributed by atoms with E-state index in [1.165, 1.54) is 25.7 Å². The van der Waals surface area contributed by atoms with Crippen molar-refractivity contribution in [2.24, 2.45) is 5.92 Å². The molecule has 1 saturated heterocycles. The number of carbonyl (C=O) groups is 1. The molecule has 5 heteroatoms. The zero-order chi connectivity index (χ0) is 15.9. The maximum atomic E-state index is 12.2. The highest BCUT2D eigenvalue weighted by Gasteiger charge is 2.29. The van der Waals surface area contributed by atoms with Crippen LogP contribution in [0.15, 0.2) is 24.4 Å². The van der Waals surface area contributed by atoms with Crippen LogP contribution in [0.5, 0.6) is 5.88 Å². The Labute approximate surface area is 137 Å². The summed E-state index contributed by atoms with van der Waals surface area (Å²) in [4.78, 5) is 16.4. The summed E-state index contributed by atoms with van der Waals surface area (Å²) in [5.41, 5.74) is 0. The standard InChI is InChI=1S/C18H26N2O3/c21-17(9-8-14-5-1-2-6-14)20-15-10-12-22-13-16(15)23-18-7-3-4-11-19-18/h3-4,7,11,14-16H,1-2,5-6,8-10,12-13H2,(H,20,21)/t15-,16-/m1/s1. The Morgan fingerprint density at radius 3 is 2.96 bits per heavy atom. The Hall–Kier alpha value is -1.62. The molecule has 1 aromatic rings. The molecule has 0 bridgehead atoms. The largest absolute Gasteiger partial charge is 0.470 e. The van der Waals surface area contributed by atoms with Crippen molar-refractivity contribution in [2.45, 2.75) is 57.1 Å². The molecule has 0 radical (unpaired) electrons. The van der Waals surface area contributed by atoms with Gasteiger partial charge in [0, 0.05) is 25.3 Å². The molecule has 3 rings (SSSR count). The predicted octanol–water partition coefficient (Wildman–Crippen LogP) is 2.70. The van der Waals surface area contributed by atoms with E-state index in [1.807, 2.05) is 18.2 Å². The van der Waals surface area contributed by atoms with Gasteiger partial charge in [0.15, 0.2) is 0 Å². The molecule has 1 saturated carbocycles. The van der Waals surface area contributed by atoms with Crippen LogP contribution < -0.4 is 10.1 Å². The van der Waals surface area contributed by atoms with Crippen molar-refractivity contribution in [1.82, 2.24) is 10.3 Å². The second-order valence-electron chi connectivity index (χ2n) is 6.55. The molecule has 126 valence electrons. The highest BCUT2D eigenvalue weighted by Crippen LogP contribution is 2.28. The molecule has 5 nitrogen and oxygen atoms in total. The fourth-order valence-electron chi connectivity index (χ4n) is 3.48. The fourth-order valence-corrected chi connectivity index (χ4v) is 3.48. The van der Waals surface area contributed by atoms with E-state index in [2.05, 4.69) is 10.3 Å². The van der Waals surface area contributed by atoms with Crippen molar-refractivity contribution in [2.75, 3.05) is 13.2 Å². The van der Waals surface area contributed by atoms with E-state index < -0.39 is 0 Å². The zero-order valence-electron chi connectivity index (χ0n) is 13.6. The Kier molecular flexibility index (Phi) is 5.86. The highest BCUT2D eigenvalue weighted by molar-refractivity contribution is 5.76. The molecule has 1 amide bonds. The maximum absolute atomic E-state index is 12.2. The molecule has 2 atom stereocenters. The summed E-state index contributed by atoms with van der Waals surface area (Å²) >= 11 is 0. The van der Waals surface area contributed by atoms with Crippen LogP contribution in [-0.4, -0.2) is 36.3 Å². The summed E-state index contributed by atoms with van der Waals surface area (Å²) in [6.07, 6.45) is 9.18. The molecular formula is C18H26N2O3. The molecule has 0 unspecified atom stereocenters. The number of hydrogen-bond acceptors (Lipinski definition) is 4. The quantitative estimate of drug-likeness (QED) is 0.876. The normalized spacial score (nSPS) is 25.2. The van der Waals surface area contributed by atoms with E-state index >= 15 is 0 Å². The van der Waals surface area contributed by atoms with Gasteiger partial charge in [-0.3, -0.25) is 4.79 Å². The van der Waals surface area contributed by atoms with Gasteiger partial charge in [-0.05, 0) is 24.8 Å². The molecule has 2 heterocycles. The minimum absolute atomic E-state index is 0.00170. The molecule has 2 fully saturated rings. The number of ether oxygens (including phenoxy) is 2. The van der Waals surface area contributed by atoms with Gasteiger partial charge in [0.2, 0.25) is 11.8 Å². The third-order valence-electron chi connectivity index (χ3n) is 4.81. The van der Waals surface area contributed by atoms with E-state index in [9.17, 15) is 4.79 Å².